The molecule has 0 saturated heterocycles. The molecule has 0 spiro atoms. The number of hydrogen-bond acceptors (Lipinski definition) is 6. The highest BCUT2D eigenvalue weighted by molar-refractivity contribution is 5.86. The Hall–Kier alpha value is -2.51. The van der Waals surface area contributed by atoms with Gasteiger partial charge in [0.05, 0.1) is 11.1 Å². The van der Waals surface area contributed by atoms with Gasteiger partial charge in [-0.25, -0.2) is 9.78 Å². The highest BCUT2D eigenvalue weighted by atomic mass is 16.6. The zero-order chi connectivity index (χ0) is 14.2. The van der Waals surface area contributed by atoms with Crippen LogP contribution in [-0.2, 0) is 4.74 Å². The maximum atomic E-state index is 11.9. The van der Waals surface area contributed by atoms with Crippen molar-refractivity contribution in [1.29, 1.82) is 0 Å². The molecule has 0 radical (unpaired) electrons. The highest BCUT2D eigenvalue weighted by Gasteiger charge is 2.21. The van der Waals surface area contributed by atoms with Crippen LogP contribution >= 0.6 is 0 Å². The summed E-state index contributed by atoms with van der Waals surface area (Å²) in [5.74, 6) is 0. The molecule has 0 unspecified atom stereocenters. The van der Waals surface area contributed by atoms with Crippen LogP contribution in [0.2, 0.25) is 0 Å². The van der Waals surface area contributed by atoms with Gasteiger partial charge in [0.1, 0.15) is 22.8 Å². The Bertz CT molecular complexity index is 656. The summed E-state index contributed by atoms with van der Waals surface area (Å²) in [6.45, 7) is 5.16. The van der Waals surface area contributed by atoms with E-state index in [0.29, 0.717) is 5.52 Å². The van der Waals surface area contributed by atoms with Crippen molar-refractivity contribution in [2.75, 3.05) is 0 Å². The minimum atomic E-state index is -0.704. The van der Waals surface area contributed by atoms with Gasteiger partial charge in [0, 0.05) is 6.07 Å². The molecular weight excluding hydrogens is 252 g/mol. The average Bonchev–Trinajstić information content (AvgIpc) is 2.68. The molecule has 0 fully saturated rings. The first-order valence-corrected chi connectivity index (χ1v) is 5.49. The number of hydrogen-bond donors (Lipinski definition) is 0. The number of nitrogens with zero attached hydrogens (tertiary/aromatic N) is 4. The smallest absolute Gasteiger partial charge is 0.435 e. The average molecular weight is 264 g/mol. The van der Waals surface area contributed by atoms with E-state index in [2.05, 4.69) is 10.1 Å². The van der Waals surface area contributed by atoms with Gasteiger partial charge in [-0.15, -0.1) is 0 Å². The van der Waals surface area contributed by atoms with E-state index in [1.165, 1.54) is 12.3 Å². The fourth-order valence-electron chi connectivity index (χ4n) is 1.45. The van der Waals surface area contributed by atoms with Gasteiger partial charge in [-0.3, -0.25) is 10.1 Å². The van der Waals surface area contributed by atoms with Crippen LogP contribution in [0.1, 0.15) is 20.8 Å². The second-order valence-electron chi connectivity index (χ2n) is 4.89. The van der Waals surface area contributed by atoms with Crippen molar-refractivity contribution in [3.63, 3.8) is 0 Å². The fourth-order valence-corrected chi connectivity index (χ4v) is 1.45. The summed E-state index contributed by atoms with van der Waals surface area (Å²) in [6, 6.07) is 1.24. The number of carbonyl (C=O) groups is 1. The second kappa shape index (κ2) is 4.30. The molecule has 2 rings (SSSR count). The summed E-state index contributed by atoms with van der Waals surface area (Å²) in [7, 11) is 0. The lowest BCUT2D eigenvalue weighted by molar-refractivity contribution is -0.385. The lowest BCUT2D eigenvalue weighted by Gasteiger charge is -2.19. The molecule has 8 heteroatoms. The number of fused-ring (bicyclic) bond motifs is 1. The van der Waals surface area contributed by atoms with Gasteiger partial charge in [-0.05, 0) is 20.8 Å². The number of pyridine rings is 1. The van der Waals surface area contributed by atoms with E-state index in [1.807, 2.05) is 0 Å². The quantitative estimate of drug-likeness (QED) is 0.577. The molecule has 2 aromatic rings. The number of nitro groups is 1. The maximum absolute atomic E-state index is 11.9. The van der Waals surface area contributed by atoms with Gasteiger partial charge in [0.25, 0.3) is 5.69 Å². The third-order valence-electron chi connectivity index (χ3n) is 2.18. The van der Waals surface area contributed by atoms with Crippen LogP contribution in [0.5, 0.6) is 0 Å². The monoisotopic (exact) mass is 264 g/mol. The lowest BCUT2D eigenvalue weighted by atomic mass is 10.2. The van der Waals surface area contributed by atoms with Gasteiger partial charge in [-0.2, -0.15) is 9.78 Å². The van der Waals surface area contributed by atoms with Crippen LogP contribution in [0.25, 0.3) is 11.0 Å². The van der Waals surface area contributed by atoms with E-state index in [9.17, 15) is 14.9 Å². The van der Waals surface area contributed by atoms with E-state index < -0.39 is 16.6 Å². The van der Waals surface area contributed by atoms with Crippen molar-refractivity contribution in [3.05, 3.63) is 28.6 Å². The first kappa shape index (κ1) is 12.9. The van der Waals surface area contributed by atoms with Crippen molar-refractivity contribution >= 4 is 22.8 Å². The van der Waals surface area contributed by atoms with Gasteiger partial charge in [-0.1, -0.05) is 0 Å². The topological polar surface area (TPSA) is 100 Å². The van der Waals surface area contributed by atoms with E-state index in [0.717, 1.165) is 10.9 Å². The maximum Gasteiger partial charge on any atom is 0.435 e. The van der Waals surface area contributed by atoms with Gasteiger partial charge in [0.15, 0.2) is 0 Å². The Kier molecular flexibility index (Phi) is 2.93. The number of carbonyl (C=O) groups excluding carboxylic acids is 1. The summed E-state index contributed by atoms with van der Waals surface area (Å²) in [4.78, 5) is 25.9. The van der Waals surface area contributed by atoms with Gasteiger partial charge < -0.3 is 4.74 Å². The molecule has 0 aromatic carbocycles. The third-order valence-corrected chi connectivity index (χ3v) is 2.18. The Morgan fingerprint density at radius 3 is 2.68 bits per heavy atom. The number of aromatic nitrogens is 3. The first-order chi connectivity index (χ1) is 8.78. The molecule has 0 aliphatic heterocycles. The molecule has 2 heterocycles. The molecule has 0 amide bonds. The van der Waals surface area contributed by atoms with Gasteiger partial charge >= 0.3 is 6.09 Å². The van der Waals surface area contributed by atoms with Crippen molar-refractivity contribution < 1.29 is 14.5 Å². The fraction of sp³-hybridized carbons (Fsp3) is 0.364. The van der Waals surface area contributed by atoms with Crippen molar-refractivity contribution in [3.8, 4) is 0 Å². The Balaban J connectivity index is 2.46. The van der Waals surface area contributed by atoms with Crippen molar-refractivity contribution in [2.24, 2.45) is 0 Å². The summed E-state index contributed by atoms with van der Waals surface area (Å²) >= 11 is 0. The van der Waals surface area contributed by atoms with Crippen LogP contribution in [0.15, 0.2) is 18.5 Å². The Morgan fingerprint density at radius 1 is 1.42 bits per heavy atom. The van der Waals surface area contributed by atoms with Crippen LogP contribution in [0, 0.1) is 10.1 Å². The summed E-state index contributed by atoms with van der Waals surface area (Å²) < 4.78 is 6.11. The minimum absolute atomic E-state index is 0.210. The number of rotatable bonds is 1. The summed E-state index contributed by atoms with van der Waals surface area (Å²) in [6.07, 6.45) is 1.76. The number of ether oxygens (including phenoxy) is 1. The Morgan fingerprint density at radius 2 is 2.11 bits per heavy atom. The molecule has 19 heavy (non-hydrogen) atoms. The highest BCUT2D eigenvalue weighted by Crippen LogP contribution is 2.19. The first-order valence-electron chi connectivity index (χ1n) is 5.49. The molecule has 0 aliphatic carbocycles. The molecular formula is C11H12N4O4. The standard InChI is InChI=1S/C11H12N4O4/c1-11(2,3)19-10(16)14-9-4-7(15(17)18)5-12-8(9)6-13-14/h4-6H,1-3H3. The second-order valence-corrected chi connectivity index (χ2v) is 4.89. The molecule has 2 aromatic heterocycles. The van der Waals surface area contributed by atoms with Gasteiger partial charge in [0.2, 0.25) is 0 Å². The van der Waals surface area contributed by atoms with Crippen molar-refractivity contribution in [1.82, 2.24) is 14.8 Å². The molecule has 8 nitrogen and oxygen atoms in total. The van der Waals surface area contributed by atoms with E-state index in [-0.39, 0.29) is 11.2 Å². The van der Waals surface area contributed by atoms with E-state index in [1.54, 1.807) is 20.8 Å². The third kappa shape index (κ3) is 2.67. The normalized spacial score (nSPS) is 11.5. The molecule has 0 saturated carbocycles. The molecule has 100 valence electrons. The SMILES string of the molecule is CC(C)(C)OC(=O)n1ncc2ncc([N+](=O)[O-])cc21. The zero-order valence-corrected chi connectivity index (χ0v) is 10.7. The molecule has 0 atom stereocenters. The van der Waals surface area contributed by atoms with E-state index >= 15 is 0 Å². The van der Waals surface area contributed by atoms with E-state index in [4.69, 9.17) is 4.74 Å². The molecule has 0 aliphatic rings. The van der Waals surface area contributed by atoms with Crippen LogP contribution in [-0.4, -0.2) is 31.4 Å². The minimum Gasteiger partial charge on any atom is -0.442 e. The Labute approximate surface area is 108 Å². The molecule has 0 bridgehead atoms. The predicted octanol–water partition coefficient (Wildman–Crippen LogP) is 2.12. The molecule has 0 N–H and O–H groups in total. The van der Waals surface area contributed by atoms with Crippen molar-refractivity contribution in [2.45, 2.75) is 26.4 Å². The largest absolute Gasteiger partial charge is 0.442 e. The van der Waals surface area contributed by atoms with Crippen LogP contribution < -0.4 is 0 Å². The zero-order valence-electron chi connectivity index (χ0n) is 10.7. The summed E-state index contributed by atoms with van der Waals surface area (Å²) in [5, 5.41) is 14.5. The van der Waals surface area contributed by atoms with Crippen LogP contribution in [0.3, 0.4) is 0 Å². The lowest BCUT2D eigenvalue weighted by Crippen LogP contribution is -2.27. The van der Waals surface area contributed by atoms with Crippen LogP contribution in [0.4, 0.5) is 10.5 Å². The predicted molar refractivity (Wildman–Crippen MR) is 65.8 cm³/mol. The summed E-state index contributed by atoms with van der Waals surface area (Å²) in [5.41, 5.74) is -0.263.